The Kier molecular flexibility index (Phi) is 3.68. The number of anilines is 1. The fourth-order valence-electron chi connectivity index (χ4n) is 1.44. The Bertz CT molecular complexity index is 510. The van der Waals surface area contributed by atoms with Crippen LogP contribution in [0.1, 0.15) is 18.9 Å². The van der Waals surface area contributed by atoms with Crippen molar-refractivity contribution in [2.75, 3.05) is 11.9 Å². The maximum absolute atomic E-state index is 13.6. The zero-order valence-corrected chi connectivity index (χ0v) is 10.6. The fourth-order valence-corrected chi connectivity index (χ4v) is 2.23. The molecule has 1 N–H and O–H groups in total. The summed E-state index contributed by atoms with van der Waals surface area (Å²) in [4.78, 5) is 0. The van der Waals surface area contributed by atoms with Crippen LogP contribution in [0.2, 0.25) is 0 Å². The SMILES string of the molecule is CCCNc1nnc(-c2cc(C)ccc2F)s1. The molecule has 2 aromatic rings. The van der Waals surface area contributed by atoms with Gasteiger partial charge in [-0.1, -0.05) is 29.9 Å². The van der Waals surface area contributed by atoms with E-state index < -0.39 is 0 Å². The van der Waals surface area contributed by atoms with Gasteiger partial charge in [0, 0.05) is 12.1 Å². The third kappa shape index (κ3) is 2.79. The summed E-state index contributed by atoms with van der Waals surface area (Å²) in [6.07, 6.45) is 1.02. The van der Waals surface area contributed by atoms with E-state index in [9.17, 15) is 4.39 Å². The van der Waals surface area contributed by atoms with Crippen LogP contribution in [0.5, 0.6) is 0 Å². The molecule has 90 valence electrons. The molecule has 0 spiro atoms. The lowest BCUT2D eigenvalue weighted by Crippen LogP contribution is -1.98. The number of aryl methyl sites for hydroxylation is 1. The quantitative estimate of drug-likeness (QED) is 0.904. The first-order valence-corrected chi connectivity index (χ1v) is 6.36. The maximum Gasteiger partial charge on any atom is 0.206 e. The molecule has 0 bridgehead atoms. The van der Waals surface area contributed by atoms with Crippen LogP contribution >= 0.6 is 11.3 Å². The lowest BCUT2D eigenvalue weighted by Gasteiger charge is -1.99. The Labute approximate surface area is 104 Å². The van der Waals surface area contributed by atoms with Crippen molar-refractivity contribution >= 4 is 16.5 Å². The van der Waals surface area contributed by atoms with Gasteiger partial charge in [0.15, 0.2) is 5.01 Å². The highest BCUT2D eigenvalue weighted by atomic mass is 32.1. The Morgan fingerprint density at radius 2 is 2.18 bits per heavy atom. The van der Waals surface area contributed by atoms with Gasteiger partial charge in [-0.2, -0.15) is 0 Å². The Hall–Kier alpha value is -1.49. The number of halogens is 1. The van der Waals surface area contributed by atoms with Crippen LogP contribution in [-0.2, 0) is 0 Å². The third-order valence-electron chi connectivity index (χ3n) is 2.30. The second-order valence-electron chi connectivity index (χ2n) is 3.82. The summed E-state index contributed by atoms with van der Waals surface area (Å²) >= 11 is 1.38. The van der Waals surface area contributed by atoms with E-state index >= 15 is 0 Å². The van der Waals surface area contributed by atoms with Crippen molar-refractivity contribution in [1.82, 2.24) is 10.2 Å². The van der Waals surface area contributed by atoms with Gasteiger partial charge in [0.25, 0.3) is 0 Å². The molecule has 1 aromatic carbocycles. The molecule has 0 amide bonds. The topological polar surface area (TPSA) is 37.8 Å². The van der Waals surface area contributed by atoms with Gasteiger partial charge in [-0.3, -0.25) is 0 Å². The minimum atomic E-state index is -0.256. The molecule has 2 rings (SSSR count). The number of nitrogens with one attached hydrogen (secondary N) is 1. The van der Waals surface area contributed by atoms with E-state index in [1.807, 2.05) is 6.92 Å². The predicted octanol–water partition coefficient (Wildman–Crippen LogP) is 3.47. The Morgan fingerprint density at radius 3 is 2.94 bits per heavy atom. The van der Waals surface area contributed by atoms with Gasteiger partial charge >= 0.3 is 0 Å². The summed E-state index contributed by atoms with van der Waals surface area (Å²) in [7, 11) is 0. The van der Waals surface area contributed by atoms with E-state index in [4.69, 9.17) is 0 Å². The van der Waals surface area contributed by atoms with Crippen LogP contribution in [0.25, 0.3) is 10.6 Å². The first kappa shape index (κ1) is 12.0. The molecular weight excluding hydrogens is 237 g/mol. The van der Waals surface area contributed by atoms with Gasteiger partial charge in [-0.15, -0.1) is 10.2 Å². The molecule has 0 atom stereocenters. The summed E-state index contributed by atoms with van der Waals surface area (Å²) in [5, 5.41) is 12.5. The van der Waals surface area contributed by atoms with Gasteiger partial charge in [0.2, 0.25) is 5.13 Å². The van der Waals surface area contributed by atoms with Crippen molar-refractivity contribution in [1.29, 1.82) is 0 Å². The van der Waals surface area contributed by atoms with Crippen LogP contribution in [0, 0.1) is 12.7 Å². The van der Waals surface area contributed by atoms with Gasteiger partial charge in [0.1, 0.15) is 5.82 Å². The van der Waals surface area contributed by atoms with E-state index in [1.54, 1.807) is 12.1 Å². The fraction of sp³-hybridized carbons (Fsp3) is 0.333. The Morgan fingerprint density at radius 1 is 1.35 bits per heavy atom. The minimum absolute atomic E-state index is 0.256. The lowest BCUT2D eigenvalue weighted by molar-refractivity contribution is 0.630. The second-order valence-corrected chi connectivity index (χ2v) is 4.80. The normalized spacial score (nSPS) is 10.5. The van der Waals surface area contributed by atoms with E-state index in [1.165, 1.54) is 17.4 Å². The van der Waals surface area contributed by atoms with Crippen LogP contribution in [-0.4, -0.2) is 16.7 Å². The molecule has 5 heteroatoms. The molecule has 3 nitrogen and oxygen atoms in total. The standard InChI is InChI=1S/C12H14FN3S/c1-3-6-14-12-16-15-11(17-12)9-7-8(2)4-5-10(9)13/h4-5,7H,3,6H2,1-2H3,(H,14,16). The zero-order valence-electron chi connectivity index (χ0n) is 9.83. The van der Waals surface area contributed by atoms with Crippen molar-refractivity contribution in [3.63, 3.8) is 0 Å². The summed E-state index contributed by atoms with van der Waals surface area (Å²) in [6.45, 7) is 4.86. The molecule has 1 aromatic heterocycles. The highest BCUT2D eigenvalue weighted by Gasteiger charge is 2.10. The van der Waals surface area contributed by atoms with Gasteiger partial charge in [-0.05, 0) is 25.5 Å². The summed E-state index contributed by atoms with van der Waals surface area (Å²) in [5.41, 5.74) is 1.53. The number of nitrogens with zero attached hydrogens (tertiary/aromatic N) is 2. The van der Waals surface area contributed by atoms with Crippen molar-refractivity contribution in [2.24, 2.45) is 0 Å². The molecule has 0 aliphatic carbocycles. The first-order valence-electron chi connectivity index (χ1n) is 5.54. The molecule has 1 heterocycles. The molecule has 17 heavy (non-hydrogen) atoms. The molecule has 0 saturated carbocycles. The predicted molar refractivity (Wildman–Crippen MR) is 68.8 cm³/mol. The van der Waals surface area contributed by atoms with Gasteiger partial charge in [-0.25, -0.2) is 4.39 Å². The average molecular weight is 251 g/mol. The molecular formula is C12H14FN3S. The van der Waals surface area contributed by atoms with Crippen LogP contribution < -0.4 is 5.32 Å². The van der Waals surface area contributed by atoms with Crippen molar-refractivity contribution in [3.8, 4) is 10.6 Å². The van der Waals surface area contributed by atoms with E-state index in [0.717, 1.165) is 23.7 Å². The number of rotatable bonds is 4. The van der Waals surface area contributed by atoms with Gasteiger partial charge in [0.05, 0.1) is 0 Å². The van der Waals surface area contributed by atoms with Crippen LogP contribution in [0.4, 0.5) is 9.52 Å². The van der Waals surface area contributed by atoms with Crippen molar-refractivity contribution in [3.05, 3.63) is 29.6 Å². The molecule has 0 saturated heterocycles. The summed E-state index contributed by atoms with van der Waals surface area (Å²) in [6, 6.07) is 5.00. The second kappa shape index (κ2) is 5.23. The van der Waals surface area contributed by atoms with Crippen LogP contribution in [0.15, 0.2) is 18.2 Å². The first-order chi connectivity index (χ1) is 8.20. The van der Waals surface area contributed by atoms with Crippen molar-refractivity contribution < 1.29 is 4.39 Å². The molecule has 0 aliphatic heterocycles. The number of hydrogen-bond acceptors (Lipinski definition) is 4. The smallest absolute Gasteiger partial charge is 0.206 e. The van der Waals surface area contributed by atoms with E-state index in [-0.39, 0.29) is 5.82 Å². The molecule has 0 aliphatic rings. The highest BCUT2D eigenvalue weighted by Crippen LogP contribution is 2.28. The number of hydrogen-bond donors (Lipinski definition) is 1. The minimum Gasteiger partial charge on any atom is -0.360 e. The Balaban J connectivity index is 2.27. The average Bonchev–Trinajstić information content (AvgIpc) is 2.78. The lowest BCUT2D eigenvalue weighted by atomic mass is 10.1. The number of benzene rings is 1. The number of aromatic nitrogens is 2. The third-order valence-corrected chi connectivity index (χ3v) is 3.22. The van der Waals surface area contributed by atoms with Gasteiger partial charge < -0.3 is 5.32 Å². The monoisotopic (exact) mass is 251 g/mol. The van der Waals surface area contributed by atoms with Crippen molar-refractivity contribution in [2.45, 2.75) is 20.3 Å². The van der Waals surface area contributed by atoms with E-state index in [0.29, 0.717) is 10.6 Å². The largest absolute Gasteiger partial charge is 0.360 e. The van der Waals surface area contributed by atoms with Crippen LogP contribution in [0.3, 0.4) is 0 Å². The zero-order chi connectivity index (χ0) is 12.3. The molecule has 0 radical (unpaired) electrons. The molecule has 0 fully saturated rings. The highest BCUT2D eigenvalue weighted by molar-refractivity contribution is 7.18. The summed E-state index contributed by atoms with van der Waals surface area (Å²) < 4.78 is 13.6. The molecule has 0 unspecified atom stereocenters. The summed E-state index contributed by atoms with van der Waals surface area (Å²) in [5.74, 6) is -0.256. The maximum atomic E-state index is 13.6. The van der Waals surface area contributed by atoms with E-state index in [2.05, 4.69) is 22.4 Å².